The van der Waals surface area contributed by atoms with Crippen LogP contribution in [-0.2, 0) is 9.59 Å². The van der Waals surface area contributed by atoms with E-state index in [2.05, 4.69) is 5.32 Å². The first kappa shape index (κ1) is 18.2. The zero-order valence-electron chi connectivity index (χ0n) is 12.6. The van der Waals surface area contributed by atoms with Crippen molar-refractivity contribution in [2.24, 2.45) is 0 Å². The standard InChI is InChI=1S/C17H22ClNO3/c18-15-9-6-5-8-14(15)11-12-16(20)19-13-7-3-1-2-4-10-17(21)22/h5-6,8-9,11-12H,1-4,7,10,13H2,(H,19,20)(H,21,22)/b12-11+. The van der Waals surface area contributed by atoms with Gasteiger partial charge in [-0.1, -0.05) is 49.1 Å². The van der Waals surface area contributed by atoms with Crippen LogP contribution < -0.4 is 5.32 Å². The third-order valence-corrected chi connectivity index (χ3v) is 3.53. The molecule has 0 aliphatic heterocycles. The molecule has 0 aliphatic rings. The van der Waals surface area contributed by atoms with Crippen LogP contribution in [0.15, 0.2) is 30.3 Å². The Morgan fingerprint density at radius 3 is 2.50 bits per heavy atom. The molecule has 0 unspecified atom stereocenters. The van der Waals surface area contributed by atoms with Crippen LogP contribution in [0, 0.1) is 0 Å². The Balaban J connectivity index is 2.09. The van der Waals surface area contributed by atoms with Gasteiger partial charge < -0.3 is 10.4 Å². The molecule has 0 heterocycles. The number of carboxylic acid groups (broad SMARTS) is 1. The predicted octanol–water partition coefficient (Wildman–Crippen LogP) is 3.89. The van der Waals surface area contributed by atoms with E-state index in [1.807, 2.05) is 18.2 Å². The highest BCUT2D eigenvalue weighted by atomic mass is 35.5. The van der Waals surface area contributed by atoms with Gasteiger partial charge in [0, 0.05) is 24.1 Å². The monoisotopic (exact) mass is 323 g/mol. The Kier molecular flexibility index (Phi) is 9.00. The lowest BCUT2D eigenvalue weighted by Gasteiger charge is -2.02. The van der Waals surface area contributed by atoms with E-state index >= 15 is 0 Å². The van der Waals surface area contributed by atoms with Crippen molar-refractivity contribution >= 4 is 29.6 Å². The van der Waals surface area contributed by atoms with Crippen LogP contribution in [0.5, 0.6) is 0 Å². The summed E-state index contributed by atoms with van der Waals surface area (Å²) in [6.45, 7) is 0.630. The summed E-state index contributed by atoms with van der Waals surface area (Å²) in [5.74, 6) is -0.872. The van der Waals surface area contributed by atoms with Crippen molar-refractivity contribution in [3.8, 4) is 0 Å². The van der Waals surface area contributed by atoms with Gasteiger partial charge in [0.2, 0.25) is 5.91 Å². The van der Waals surface area contributed by atoms with E-state index in [4.69, 9.17) is 16.7 Å². The Labute approximate surface area is 136 Å². The zero-order valence-corrected chi connectivity index (χ0v) is 13.3. The highest BCUT2D eigenvalue weighted by Crippen LogP contribution is 2.15. The Bertz CT molecular complexity index is 514. The van der Waals surface area contributed by atoms with Crippen LogP contribution in [0.2, 0.25) is 5.02 Å². The number of unbranched alkanes of at least 4 members (excludes halogenated alkanes) is 4. The van der Waals surface area contributed by atoms with Crippen LogP contribution in [-0.4, -0.2) is 23.5 Å². The molecule has 0 atom stereocenters. The second kappa shape index (κ2) is 10.9. The van der Waals surface area contributed by atoms with Crippen LogP contribution in [0.25, 0.3) is 6.08 Å². The van der Waals surface area contributed by atoms with E-state index < -0.39 is 5.97 Å². The third kappa shape index (κ3) is 8.47. The van der Waals surface area contributed by atoms with Gasteiger partial charge in [-0.15, -0.1) is 0 Å². The molecule has 5 heteroatoms. The summed E-state index contributed by atoms with van der Waals surface area (Å²) in [4.78, 5) is 22.0. The fourth-order valence-electron chi connectivity index (χ4n) is 1.98. The Morgan fingerprint density at radius 1 is 1.09 bits per heavy atom. The summed E-state index contributed by atoms with van der Waals surface area (Å²) in [7, 11) is 0. The molecule has 0 fully saturated rings. The fraction of sp³-hybridized carbons (Fsp3) is 0.412. The summed E-state index contributed by atoms with van der Waals surface area (Å²) in [5.41, 5.74) is 0.817. The zero-order chi connectivity index (χ0) is 16.2. The molecular formula is C17H22ClNO3. The average molecular weight is 324 g/mol. The molecule has 0 aromatic heterocycles. The Morgan fingerprint density at radius 2 is 1.77 bits per heavy atom. The number of halogens is 1. The maximum atomic E-state index is 11.6. The summed E-state index contributed by atoms with van der Waals surface area (Å²) in [6, 6.07) is 7.34. The topological polar surface area (TPSA) is 66.4 Å². The number of rotatable bonds is 10. The van der Waals surface area contributed by atoms with Gasteiger partial charge in [0.15, 0.2) is 0 Å². The van der Waals surface area contributed by atoms with Gasteiger partial charge in [0.1, 0.15) is 0 Å². The number of nitrogens with one attached hydrogen (secondary N) is 1. The highest BCUT2D eigenvalue weighted by Gasteiger charge is 1.99. The second-order valence-corrected chi connectivity index (χ2v) is 5.46. The predicted molar refractivity (Wildman–Crippen MR) is 88.8 cm³/mol. The molecule has 1 aromatic carbocycles. The molecule has 0 spiro atoms. The van der Waals surface area contributed by atoms with E-state index in [1.54, 1.807) is 12.1 Å². The molecule has 0 radical (unpaired) electrons. The molecule has 1 amide bonds. The maximum Gasteiger partial charge on any atom is 0.303 e. The highest BCUT2D eigenvalue weighted by molar-refractivity contribution is 6.32. The van der Waals surface area contributed by atoms with Crippen molar-refractivity contribution in [1.82, 2.24) is 5.32 Å². The summed E-state index contributed by atoms with van der Waals surface area (Å²) >= 11 is 5.99. The van der Waals surface area contributed by atoms with E-state index in [9.17, 15) is 9.59 Å². The molecule has 120 valence electrons. The van der Waals surface area contributed by atoms with E-state index in [1.165, 1.54) is 6.08 Å². The second-order valence-electron chi connectivity index (χ2n) is 5.06. The fourth-order valence-corrected chi connectivity index (χ4v) is 2.18. The molecule has 1 aromatic rings. The van der Waals surface area contributed by atoms with Crippen LogP contribution in [0.1, 0.15) is 44.1 Å². The van der Waals surface area contributed by atoms with Crippen molar-refractivity contribution in [3.05, 3.63) is 40.9 Å². The minimum Gasteiger partial charge on any atom is -0.481 e. The Hall–Kier alpha value is -1.81. The molecule has 0 saturated heterocycles. The quantitative estimate of drug-likeness (QED) is 0.507. The van der Waals surface area contributed by atoms with E-state index in [-0.39, 0.29) is 12.3 Å². The number of carboxylic acids is 1. The van der Waals surface area contributed by atoms with Crippen molar-refractivity contribution in [1.29, 1.82) is 0 Å². The first-order valence-electron chi connectivity index (χ1n) is 7.52. The minimum atomic E-state index is -0.738. The van der Waals surface area contributed by atoms with Gasteiger partial charge in [-0.25, -0.2) is 0 Å². The van der Waals surface area contributed by atoms with Gasteiger partial charge in [0.05, 0.1) is 0 Å². The number of carbonyl (C=O) groups excluding carboxylic acids is 1. The van der Waals surface area contributed by atoms with Crippen molar-refractivity contribution in [2.45, 2.75) is 38.5 Å². The first-order valence-corrected chi connectivity index (χ1v) is 7.89. The number of benzene rings is 1. The molecular weight excluding hydrogens is 302 g/mol. The van der Waals surface area contributed by atoms with Gasteiger partial charge in [-0.3, -0.25) is 9.59 Å². The molecule has 0 saturated carbocycles. The molecule has 1 rings (SSSR count). The molecule has 0 bridgehead atoms. The number of hydrogen-bond acceptors (Lipinski definition) is 2. The summed E-state index contributed by atoms with van der Waals surface area (Å²) in [5, 5.41) is 11.9. The third-order valence-electron chi connectivity index (χ3n) is 3.19. The van der Waals surface area contributed by atoms with Crippen molar-refractivity contribution in [3.63, 3.8) is 0 Å². The maximum absolute atomic E-state index is 11.6. The molecule has 22 heavy (non-hydrogen) atoms. The van der Waals surface area contributed by atoms with Gasteiger partial charge in [0.25, 0.3) is 0 Å². The lowest BCUT2D eigenvalue weighted by atomic mass is 10.1. The smallest absolute Gasteiger partial charge is 0.303 e. The van der Waals surface area contributed by atoms with Crippen LogP contribution >= 0.6 is 11.6 Å². The molecule has 2 N–H and O–H groups in total. The van der Waals surface area contributed by atoms with Crippen molar-refractivity contribution < 1.29 is 14.7 Å². The first-order chi connectivity index (χ1) is 10.6. The van der Waals surface area contributed by atoms with E-state index in [0.29, 0.717) is 11.6 Å². The molecule has 4 nitrogen and oxygen atoms in total. The van der Waals surface area contributed by atoms with Crippen molar-refractivity contribution in [2.75, 3.05) is 6.54 Å². The number of hydrogen-bond donors (Lipinski definition) is 2. The van der Waals surface area contributed by atoms with Gasteiger partial charge >= 0.3 is 5.97 Å². The van der Waals surface area contributed by atoms with Gasteiger partial charge in [-0.05, 0) is 30.5 Å². The number of aliphatic carboxylic acids is 1. The van der Waals surface area contributed by atoms with Gasteiger partial charge in [-0.2, -0.15) is 0 Å². The minimum absolute atomic E-state index is 0.134. The normalized spacial score (nSPS) is 10.8. The van der Waals surface area contributed by atoms with E-state index in [0.717, 1.165) is 37.7 Å². The summed E-state index contributed by atoms with van der Waals surface area (Å²) < 4.78 is 0. The SMILES string of the molecule is O=C(O)CCCCCCCNC(=O)/C=C/c1ccccc1Cl. The van der Waals surface area contributed by atoms with Crippen LogP contribution in [0.4, 0.5) is 0 Å². The molecule has 0 aliphatic carbocycles. The number of amides is 1. The average Bonchev–Trinajstić information content (AvgIpc) is 2.49. The number of carbonyl (C=O) groups is 2. The lowest BCUT2D eigenvalue weighted by molar-refractivity contribution is -0.137. The van der Waals surface area contributed by atoms with Crippen LogP contribution in [0.3, 0.4) is 0 Å². The lowest BCUT2D eigenvalue weighted by Crippen LogP contribution is -2.21. The largest absolute Gasteiger partial charge is 0.481 e. The summed E-state index contributed by atoms with van der Waals surface area (Å²) in [6.07, 6.45) is 7.96.